The lowest BCUT2D eigenvalue weighted by Gasteiger charge is -2.45. The maximum absolute atomic E-state index is 11.8. The molecule has 2 amide bonds. The van der Waals surface area contributed by atoms with Crippen molar-refractivity contribution in [2.45, 2.75) is 59.1 Å². The fourth-order valence-corrected chi connectivity index (χ4v) is 3.64. The first-order valence-corrected chi connectivity index (χ1v) is 7.99. The van der Waals surface area contributed by atoms with Crippen molar-refractivity contribution in [3.63, 3.8) is 0 Å². The molecule has 0 aromatic carbocycles. The molecule has 0 aromatic heterocycles. The average molecular weight is 341 g/mol. The minimum absolute atomic E-state index is 0.0213. The first-order valence-electron chi connectivity index (χ1n) is 7.99. The number of carbonyl (C=O) groups is 2. The summed E-state index contributed by atoms with van der Waals surface area (Å²) in [6, 6.07) is -0.0851. The monoisotopic (exact) mass is 341 g/mol. The number of ether oxygens (including phenoxy) is 2. The number of primary amides is 1. The zero-order valence-electron chi connectivity index (χ0n) is 14.8. The van der Waals surface area contributed by atoms with Crippen LogP contribution in [0, 0.1) is 10.8 Å². The van der Waals surface area contributed by atoms with E-state index in [0.717, 1.165) is 12.8 Å². The standard InChI is InChI=1S/C16H27N3O5/c1-11(24-13(17)21)7-23-14(22)18-9-16(4)6-12(19-10-20)5-15(2,3)8-16/h11-12H,5-9H2,1-4H3,(H2,17,21)(H,18,22). The Kier molecular flexibility index (Phi) is 6.78. The molecule has 1 rings (SSSR count). The largest absolute Gasteiger partial charge is 0.446 e. The van der Waals surface area contributed by atoms with E-state index in [1.807, 2.05) is 0 Å². The molecular formula is C16H27N3O5. The molecule has 3 N–H and O–H groups in total. The number of nitrogens with zero attached hydrogens (tertiary/aromatic N) is 1. The van der Waals surface area contributed by atoms with Crippen LogP contribution in [0.4, 0.5) is 9.59 Å². The minimum Gasteiger partial charge on any atom is -0.446 e. The molecule has 0 radical (unpaired) electrons. The summed E-state index contributed by atoms with van der Waals surface area (Å²) in [6.07, 6.45) is 1.95. The molecule has 1 fully saturated rings. The van der Waals surface area contributed by atoms with Gasteiger partial charge >= 0.3 is 12.2 Å². The zero-order chi connectivity index (χ0) is 18.4. The van der Waals surface area contributed by atoms with Crippen LogP contribution in [0.25, 0.3) is 0 Å². The molecular weight excluding hydrogens is 314 g/mol. The van der Waals surface area contributed by atoms with Crippen molar-refractivity contribution in [3.05, 3.63) is 0 Å². The minimum atomic E-state index is -0.912. The van der Waals surface area contributed by atoms with Gasteiger partial charge in [0.2, 0.25) is 6.08 Å². The van der Waals surface area contributed by atoms with Gasteiger partial charge in [0.15, 0.2) is 0 Å². The molecule has 0 bridgehead atoms. The van der Waals surface area contributed by atoms with Crippen molar-refractivity contribution >= 4 is 18.3 Å². The molecule has 1 saturated carbocycles. The Balaban J connectivity index is 2.50. The van der Waals surface area contributed by atoms with E-state index < -0.39 is 18.3 Å². The summed E-state index contributed by atoms with van der Waals surface area (Å²) in [7, 11) is 0. The molecule has 8 nitrogen and oxygen atoms in total. The van der Waals surface area contributed by atoms with Gasteiger partial charge in [-0.3, -0.25) is 0 Å². The lowest BCUT2D eigenvalue weighted by atomic mass is 9.63. The van der Waals surface area contributed by atoms with Crippen LogP contribution in [-0.4, -0.2) is 43.6 Å². The molecule has 24 heavy (non-hydrogen) atoms. The van der Waals surface area contributed by atoms with Gasteiger partial charge in [0, 0.05) is 6.54 Å². The smallest absolute Gasteiger partial charge is 0.407 e. The Morgan fingerprint density at radius 1 is 1.38 bits per heavy atom. The van der Waals surface area contributed by atoms with Crippen LogP contribution < -0.4 is 11.1 Å². The summed E-state index contributed by atoms with van der Waals surface area (Å²) >= 11 is 0. The van der Waals surface area contributed by atoms with E-state index in [4.69, 9.17) is 10.5 Å². The lowest BCUT2D eigenvalue weighted by molar-refractivity contribution is 0.0514. The number of aliphatic imine (C=N–C) groups is 1. The summed E-state index contributed by atoms with van der Waals surface area (Å²) in [5.74, 6) is 0. The summed E-state index contributed by atoms with van der Waals surface area (Å²) in [5, 5.41) is 2.73. The lowest BCUT2D eigenvalue weighted by Crippen LogP contribution is -2.45. The van der Waals surface area contributed by atoms with Crippen LogP contribution in [0.1, 0.15) is 47.0 Å². The number of hydrogen-bond acceptors (Lipinski definition) is 6. The quantitative estimate of drug-likeness (QED) is 0.566. The Morgan fingerprint density at radius 2 is 2.04 bits per heavy atom. The molecule has 8 heteroatoms. The van der Waals surface area contributed by atoms with Gasteiger partial charge in [-0.15, -0.1) is 0 Å². The number of nitrogens with two attached hydrogens (primary N) is 1. The summed E-state index contributed by atoms with van der Waals surface area (Å²) < 4.78 is 9.67. The van der Waals surface area contributed by atoms with Crippen molar-refractivity contribution in [2.24, 2.45) is 21.6 Å². The Bertz CT molecular complexity index is 516. The Labute approximate surface area is 142 Å². The van der Waals surface area contributed by atoms with Gasteiger partial charge in [0.1, 0.15) is 12.7 Å². The number of amides is 2. The zero-order valence-corrected chi connectivity index (χ0v) is 14.8. The third-order valence-electron chi connectivity index (χ3n) is 4.08. The second-order valence-corrected chi connectivity index (χ2v) is 7.63. The number of nitrogens with one attached hydrogen (secondary N) is 1. The SMILES string of the molecule is CC(COC(=O)NCC1(C)CC(N=C=O)CC(C)(C)C1)OC(N)=O. The fraction of sp³-hybridized carbons (Fsp3) is 0.812. The molecule has 1 aliphatic carbocycles. The first kappa shape index (κ1) is 20.0. The molecule has 0 aliphatic heterocycles. The number of alkyl carbamates (subject to hydrolysis) is 1. The van der Waals surface area contributed by atoms with E-state index in [1.54, 1.807) is 13.0 Å². The Morgan fingerprint density at radius 3 is 2.62 bits per heavy atom. The highest BCUT2D eigenvalue weighted by Gasteiger charge is 2.41. The van der Waals surface area contributed by atoms with Crippen LogP contribution >= 0.6 is 0 Å². The van der Waals surface area contributed by atoms with Gasteiger partial charge in [-0.25, -0.2) is 19.4 Å². The van der Waals surface area contributed by atoms with Gasteiger partial charge in [0.25, 0.3) is 0 Å². The van der Waals surface area contributed by atoms with Crippen molar-refractivity contribution < 1.29 is 23.9 Å². The molecule has 1 aliphatic rings. The topological polar surface area (TPSA) is 120 Å². The molecule has 3 unspecified atom stereocenters. The number of isocyanates is 1. The summed E-state index contributed by atoms with van der Waals surface area (Å²) in [4.78, 5) is 36.8. The van der Waals surface area contributed by atoms with Crippen molar-refractivity contribution in [1.29, 1.82) is 0 Å². The summed E-state index contributed by atoms with van der Waals surface area (Å²) in [5.41, 5.74) is 4.71. The second kappa shape index (κ2) is 8.15. The van der Waals surface area contributed by atoms with Gasteiger partial charge in [0.05, 0.1) is 6.04 Å². The van der Waals surface area contributed by atoms with Crippen LogP contribution in [-0.2, 0) is 14.3 Å². The van der Waals surface area contributed by atoms with Crippen molar-refractivity contribution in [3.8, 4) is 0 Å². The number of carbonyl (C=O) groups excluding carboxylic acids is 3. The molecule has 3 atom stereocenters. The third-order valence-corrected chi connectivity index (χ3v) is 4.08. The molecule has 0 spiro atoms. The second-order valence-electron chi connectivity index (χ2n) is 7.63. The molecule has 0 aromatic rings. The van der Waals surface area contributed by atoms with E-state index in [9.17, 15) is 14.4 Å². The molecule has 136 valence electrons. The van der Waals surface area contributed by atoms with Gasteiger partial charge in [-0.1, -0.05) is 20.8 Å². The maximum Gasteiger partial charge on any atom is 0.407 e. The highest BCUT2D eigenvalue weighted by molar-refractivity contribution is 5.67. The predicted molar refractivity (Wildman–Crippen MR) is 87.1 cm³/mol. The van der Waals surface area contributed by atoms with Gasteiger partial charge < -0.3 is 20.5 Å². The van der Waals surface area contributed by atoms with E-state index in [2.05, 4.69) is 35.8 Å². The Hall–Kier alpha value is -2.08. The number of hydrogen-bond donors (Lipinski definition) is 2. The van der Waals surface area contributed by atoms with Crippen LogP contribution in [0.15, 0.2) is 4.99 Å². The van der Waals surface area contributed by atoms with E-state index >= 15 is 0 Å². The van der Waals surface area contributed by atoms with Crippen LogP contribution in [0.5, 0.6) is 0 Å². The van der Waals surface area contributed by atoms with E-state index in [0.29, 0.717) is 13.0 Å². The van der Waals surface area contributed by atoms with Crippen molar-refractivity contribution in [2.75, 3.05) is 13.2 Å². The third kappa shape index (κ3) is 7.00. The number of rotatable bonds is 6. The van der Waals surface area contributed by atoms with Gasteiger partial charge in [-0.05, 0) is 37.0 Å². The van der Waals surface area contributed by atoms with E-state index in [1.165, 1.54) is 0 Å². The first-order chi connectivity index (χ1) is 11.1. The average Bonchev–Trinajstić information content (AvgIpc) is 2.40. The normalized spacial score (nSPS) is 26.6. The highest BCUT2D eigenvalue weighted by atomic mass is 16.6. The highest BCUT2D eigenvalue weighted by Crippen LogP contribution is 2.46. The maximum atomic E-state index is 11.8. The molecule has 0 heterocycles. The van der Waals surface area contributed by atoms with Crippen LogP contribution in [0.2, 0.25) is 0 Å². The predicted octanol–water partition coefficient (Wildman–Crippen LogP) is 2.12. The van der Waals surface area contributed by atoms with Crippen molar-refractivity contribution in [1.82, 2.24) is 5.32 Å². The fourth-order valence-electron chi connectivity index (χ4n) is 3.64. The summed E-state index contributed by atoms with van der Waals surface area (Å²) in [6.45, 7) is 8.21. The van der Waals surface area contributed by atoms with Gasteiger partial charge in [-0.2, -0.15) is 0 Å². The van der Waals surface area contributed by atoms with Crippen LogP contribution in [0.3, 0.4) is 0 Å². The van der Waals surface area contributed by atoms with E-state index in [-0.39, 0.29) is 23.5 Å². The molecule has 0 saturated heterocycles.